The van der Waals surface area contributed by atoms with Crippen molar-refractivity contribution < 1.29 is 14.3 Å². The Kier molecular flexibility index (Phi) is 6.49. The molecular formula is C16H21N5O4. The minimum absolute atomic E-state index is 0.128. The van der Waals surface area contributed by atoms with Gasteiger partial charge in [-0.25, -0.2) is 10.2 Å². The second-order valence-electron chi connectivity index (χ2n) is 5.47. The lowest BCUT2D eigenvalue weighted by Crippen LogP contribution is -2.46. The SMILES string of the molecule is N=C(N)NCCC[C@H](NNCc1cc2ccccc2oc1=O)C(=O)O. The third-order valence-electron chi connectivity index (χ3n) is 3.55. The van der Waals surface area contributed by atoms with E-state index in [-0.39, 0.29) is 12.5 Å². The van der Waals surface area contributed by atoms with E-state index >= 15 is 0 Å². The number of guanidine groups is 1. The van der Waals surface area contributed by atoms with Gasteiger partial charge in [-0.1, -0.05) is 18.2 Å². The summed E-state index contributed by atoms with van der Waals surface area (Å²) in [6.07, 6.45) is 0.846. The highest BCUT2D eigenvalue weighted by Crippen LogP contribution is 2.12. The zero-order chi connectivity index (χ0) is 18.2. The highest BCUT2D eigenvalue weighted by Gasteiger charge is 2.16. The number of nitrogens with one attached hydrogen (secondary N) is 4. The van der Waals surface area contributed by atoms with E-state index in [0.29, 0.717) is 30.5 Å². The zero-order valence-corrected chi connectivity index (χ0v) is 13.5. The molecule has 1 aromatic heterocycles. The number of carboxylic acid groups (broad SMARTS) is 1. The van der Waals surface area contributed by atoms with Gasteiger partial charge in [-0.05, 0) is 25.0 Å². The number of hydrogen-bond donors (Lipinski definition) is 6. The van der Waals surface area contributed by atoms with Crippen LogP contribution >= 0.6 is 0 Å². The first-order valence-electron chi connectivity index (χ1n) is 7.78. The lowest BCUT2D eigenvalue weighted by molar-refractivity contribution is -0.140. The number of carboxylic acids is 1. The number of carbonyl (C=O) groups is 1. The molecule has 25 heavy (non-hydrogen) atoms. The van der Waals surface area contributed by atoms with Gasteiger partial charge >= 0.3 is 11.6 Å². The molecule has 0 amide bonds. The summed E-state index contributed by atoms with van der Waals surface area (Å²) in [5.74, 6) is -1.16. The second kappa shape index (κ2) is 8.81. The third kappa shape index (κ3) is 5.59. The van der Waals surface area contributed by atoms with E-state index in [0.717, 1.165) is 5.39 Å². The summed E-state index contributed by atoms with van der Waals surface area (Å²) in [4.78, 5) is 23.2. The summed E-state index contributed by atoms with van der Waals surface area (Å²) < 4.78 is 5.22. The Morgan fingerprint density at radius 2 is 2.12 bits per heavy atom. The van der Waals surface area contributed by atoms with Crippen LogP contribution in [0.15, 0.2) is 39.5 Å². The molecule has 0 aliphatic heterocycles. The lowest BCUT2D eigenvalue weighted by Gasteiger charge is -2.15. The molecule has 1 aromatic carbocycles. The van der Waals surface area contributed by atoms with Gasteiger partial charge in [0.25, 0.3) is 0 Å². The summed E-state index contributed by atoms with van der Waals surface area (Å²) in [5.41, 5.74) is 11.0. The first-order chi connectivity index (χ1) is 12.0. The molecule has 0 saturated carbocycles. The molecule has 2 aromatic rings. The fourth-order valence-electron chi connectivity index (χ4n) is 2.28. The van der Waals surface area contributed by atoms with Crippen LogP contribution in [0.3, 0.4) is 0 Å². The van der Waals surface area contributed by atoms with Crippen LogP contribution in [-0.2, 0) is 11.3 Å². The van der Waals surface area contributed by atoms with Crippen LogP contribution in [0.2, 0.25) is 0 Å². The quantitative estimate of drug-likeness (QED) is 0.123. The molecule has 0 unspecified atom stereocenters. The average Bonchev–Trinajstić information content (AvgIpc) is 2.56. The molecule has 9 heteroatoms. The highest BCUT2D eigenvalue weighted by atomic mass is 16.4. The molecule has 0 spiro atoms. The highest BCUT2D eigenvalue weighted by molar-refractivity contribution is 5.76. The lowest BCUT2D eigenvalue weighted by atomic mass is 10.1. The summed E-state index contributed by atoms with van der Waals surface area (Å²) in [6.45, 7) is 0.539. The molecule has 0 radical (unpaired) electrons. The van der Waals surface area contributed by atoms with E-state index in [1.54, 1.807) is 18.2 Å². The Hall–Kier alpha value is -2.91. The number of benzene rings is 1. The van der Waals surface area contributed by atoms with Crippen LogP contribution in [-0.4, -0.2) is 29.6 Å². The first kappa shape index (κ1) is 18.4. The maximum absolute atomic E-state index is 11.9. The van der Waals surface area contributed by atoms with Crippen molar-refractivity contribution in [1.82, 2.24) is 16.2 Å². The number of fused-ring (bicyclic) bond motifs is 1. The molecule has 0 bridgehead atoms. The average molecular weight is 347 g/mol. The van der Waals surface area contributed by atoms with Crippen LogP contribution in [0.1, 0.15) is 18.4 Å². The van der Waals surface area contributed by atoms with E-state index in [1.165, 1.54) is 0 Å². The second-order valence-corrected chi connectivity index (χ2v) is 5.47. The summed E-state index contributed by atoms with van der Waals surface area (Å²) >= 11 is 0. The van der Waals surface area contributed by atoms with Gasteiger partial charge in [0.15, 0.2) is 5.96 Å². The zero-order valence-electron chi connectivity index (χ0n) is 13.5. The number of rotatable bonds is 9. The number of nitrogens with two attached hydrogens (primary N) is 1. The predicted molar refractivity (Wildman–Crippen MR) is 93.0 cm³/mol. The van der Waals surface area contributed by atoms with Crippen molar-refractivity contribution in [3.8, 4) is 0 Å². The van der Waals surface area contributed by atoms with Crippen LogP contribution in [0, 0.1) is 5.41 Å². The smallest absolute Gasteiger partial charge is 0.340 e. The van der Waals surface area contributed by atoms with Crippen molar-refractivity contribution in [1.29, 1.82) is 5.41 Å². The topological polar surface area (TPSA) is 153 Å². The van der Waals surface area contributed by atoms with Gasteiger partial charge in [0.2, 0.25) is 0 Å². The van der Waals surface area contributed by atoms with Crippen LogP contribution in [0.25, 0.3) is 11.0 Å². The number of hydrogen-bond acceptors (Lipinski definition) is 6. The standard InChI is InChI=1S/C16H21N5O4/c17-16(18)19-7-3-5-12(14(22)23)21-20-9-11-8-10-4-1-2-6-13(10)25-15(11)24/h1-2,4,6,8,12,20-21H,3,5,7,9H2,(H,22,23)(H4,17,18,19)/t12-/m0/s1. The molecule has 0 aliphatic rings. The van der Waals surface area contributed by atoms with Gasteiger partial charge in [0.05, 0.1) is 5.56 Å². The van der Waals surface area contributed by atoms with Gasteiger partial charge in [-0.15, -0.1) is 0 Å². The van der Waals surface area contributed by atoms with Gasteiger partial charge in [-0.3, -0.25) is 15.6 Å². The van der Waals surface area contributed by atoms with E-state index in [1.807, 2.05) is 12.1 Å². The van der Waals surface area contributed by atoms with Crippen LogP contribution in [0.5, 0.6) is 0 Å². The molecule has 134 valence electrons. The van der Waals surface area contributed by atoms with Gasteiger partial charge < -0.3 is 20.6 Å². The fourth-order valence-corrected chi connectivity index (χ4v) is 2.28. The van der Waals surface area contributed by atoms with Crippen molar-refractivity contribution in [2.24, 2.45) is 5.73 Å². The maximum Gasteiger partial charge on any atom is 0.340 e. The molecule has 7 N–H and O–H groups in total. The normalized spacial score (nSPS) is 12.0. The predicted octanol–water partition coefficient (Wildman–Crippen LogP) is 0.104. The third-order valence-corrected chi connectivity index (χ3v) is 3.55. The van der Waals surface area contributed by atoms with Crippen molar-refractivity contribution in [3.63, 3.8) is 0 Å². The van der Waals surface area contributed by atoms with Crippen LogP contribution in [0.4, 0.5) is 0 Å². The Balaban J connectivity index is 1.89. The number of para-hydroxylation sites is 1. The molecule has 0 aliphatic carbocycles. The van der Waals surface area contributed by atoms with Gasteiger partial charge in [-0.2, -0.15) is 0 Å². The van der Waals surface area contributed by atoms with E-state index in [4.69, 9.17) is 15.6 Å². The van der Waals surface area contributed by atoms with E-state index in [2.05, 4.69) is 16.2 Å². The Bertz CT molecular complexity index is 804. The van der Waals surface area contributed by atoms with Crippen LogP contribution < -0.4 is 27.5 Å². The van der Waals surface area contributed by atoms with E-state index < -0.39 is 17.6 Å². The fraction of sp³-hybridized carbons (Fsp3) is 0.312. The Morgan fingerprint density at radius 3 is 2.84 bits per heavy atom. The minimum atomic E-state index is -1.01. The monoisotopic (exact) mass is 347 g/mol. The molecular weight excluding hydrogens is 326 g/mol. The van der Waals surface area contributed by atoms with Crippen molar-refractivity contribution in [2.45, 2.75) is 25.4 Å². The van der Waals surface area contributed by atoms with E-state index in [9.17, 15) is 14.7 Å². The molecule has 2 rings (SSSR count). The Morgan fingerprint density at radius 1 is 1.36 bits per heavy atom. The van der Waals surface area contributed by atoms with Crippen molar-refractivity contribution >= 4 is 22.9 Å². The van der Waals surface area contributed by atoms with Gasteiger partial charge in [0, 0.05) is 18.5 Å². The molecule has 1 atom stereocenters. The molecule has 0 saturated heterocycles. The largest absolute Gasteiger partial charge is 0.480 e. The number of hydrazine groups is 1. The minimum Gasteiger partial charge on any atom is -0.480 e. The summed E-state index contributed by atoms with van der Waals surface area (Å²) in [6, 6.07) is 8.04. The van der Waals surface area contributed by atoms with Crippen molar-refractivity contribution in [3.05, 3.63) is 46.3 Å². The maximum atomic E-state index is 11.9. The van der Waals surface area contributed by atoms with Crippen molar-refractivity contribution in [2.75, 3.05) is 6.54 Å². The van der Waals surface area contributed by atoms with Gasteiger partial charge in [0.1, 0.15) is 11.6 Å². The summed E-state index contributed by atoms with van der Waals surface area (Å²) in [7, 11) is 0. The summed E-state index contributed by atoms with van der Waals surface area (Å²) in [5, 5.41) is 19.6. The molecule has 0 fully saturated rings. The first-order valence-corrected chi connectivity index (χ1v) is 7.78. The molecule has 9 nitrogen and oxygen atoms in total. The molecule has 1 heterocycles. The Labute approximate surface area is 143 Å². The number of aliphatic carboxylic acids is 1.